The van der Waals surface area contributed by atoms with E-state index >= 15 is 0 Å². The van der Waals surface area contributed by atoms with Gasteiger partial charge in [0.25, 0.3) is 0 Å². The molecule has 12 heteroatoms. The van der Waals surface area contributed by atoms with Crippen LogP contribution in [-0.2, 0) is 30.6 Å². The third-order valence-corrected chi connectivity index (χ3v) is 8.20. The minimum absolute atomic E-state index is 0.0598. The van der Waals surface area contributed by atoms with Crippen LogP contribution in [0.4, 0.5) is 0 Å². The molecule has 1 saturated heterocycles. The third-order valence-electron chi connectivity index (χ3n) is 5.62. The minimum atomic E-state index is -4.34. The second-order valence-electron chi connectivity index (χ2n) is 8.24. The Labute approximate surface area is 185 Å². The SMILES string of the molecule is CC(C)(C(=O)N[C@H]1[C@@H](O)[C@H](O)[C@@H](CO)O[C@@H]1O)S(=O)(=O)C[C@@H](Cc1ccccc1)C(=O)O. The number of carbonyl (C=O) groups excluding carboxylic acids is 1. The van der Waals surface area contributed by atoms with Crippen molar-refractivity contribution in [1.82, 2.24) is 5.32 Å². The average Bonchev–Trinajstić information content (AvgIpc) is 2.73. The van der Waals surface area contributed by atoms with E-state index in [0.29, 0.717) is 5.56 Å². The standard InChI is InChI=1S/C20H29NO10S/c1-20(2,19(28)21-14-16(24)15(23)13(9-22)31-18(14)27)32(29,30)10-12(17(25)26)8-11-6-4-3-5-7-11/h3-7,12-16,18,22-24,27H,8-10H2,1-2H3,(H,21,28)(H,25,26)/t12-,13-,14+,15-,16-,18+/m1/s1. The Hall–Kier alpha value is -2.09. The summed E-state index contributed by atoms with van der Waals surface area (Å²) < 4.78 is 28.8. The number of carbonyl (C=O) groups is 2. The van der Waals surface area contributed by atoms with Crippen molar-refractivity contribution in [2.45, 2.75) is 55.7 Å². The molecule has 1 heterocycles. The Morgan fingerprint density at radius 1 is 1.12 bits per heavy atom. The van der Waals surface area contributed by atoms with E-state index in [-0.39, 0.29) is 6.42 Å². The molecular formula is C20H29NO10S. The van der Waals surface area contributed by atoms with Crippen molar-refractivity contribution in [2.24, 2.45) is 5.92 Å². The zero-order valence-electron chi connectivity index (χ0n) is 17.7. The lowest BCUT2D eigenvalue weighted by atomic mass is 9.96. The molecule has 1 aromatic rings. The molecule has 1 aliphatic heterocycles. The van der Waals surface area contributed by atoms with Crippen LogP contribution in [0.25, 0.3) is 0 Å². The first kappa shape index (κ1) is 26.2. The molecule has 0 unspecified atom stereocenters. The number of carboxylic acids is 1. The van der Waals surface area contributed by atoms with Crippen molar-refractivity contribution in [3.63, 3.8) is 0 Å². The van der Waals surface area contributed by atoms with Crippen LogP contribution >= 0.6 is 0 Å². The lowest BCUT2D eigenvalue weighted by Gasteiger charge is -2.41. The predicted molar refractivity (Wildman–Crippen MR) is 111 cm³/mol. The highest BCUT2D eigenvalue weighted by molar-refractivity contribution is 7.93. The van der Waals surface area contributed by atoms with Gasteiger partial charge < -0.3 is 35.6 Å². The summed E-state index contributed by atoms with van der Waals surface area (Å²) >= 11 is 0. The topological polar surface area (TPSA) is 191 Å². The maximum Gasteiger partial charge on any atom is 0.307 e. The van der Waals surface area contributed by atoms with E-state index in [1.807, 2.05) is 0 Å². The van der Waals surface area contributed by atoms with E-state index in [4.69, 9.17) is 9.84 Å². The van der Waals surface area contributed by atoms with E-state index in [1.54, 1.807) is 30.3 Å². The van der Waals surface area contributed by atoms with Crippen LogP contribution in [0, 0.1) is 5.92 Å². The van der Waals surface area contributed by atoms with Gasteiger partial charge in [-0.05, 0) is 25.8 Å². The first-order valence-electron chi connectivity index (χ1n) is 9.92. The molecule has 6 N–H and O–H groups in total. The molecule has 1 aliphatic rings. The molecule has 2 rings (SSSR count). The smallest absolute Gasteiger partial charge is 0.307 e. The average molecular weight is 476 g/mol. The van der Waals surface area contributed by atoms with Crippen LogP contribution < -0.4 is 5.32 Å². The summed E-state index contributed by atoms with van der Waals surface area (Å²) in [5.74, 6) is -4.59. The maximum absolute atomic E-state index is 13.0. The fourth-order valence-electron chi connectivity index (χ4n) is 3.31. The lowest BCUT2D eigenvalue weighted by Crippen LogP contribution is -2.66. The van der Waals surface area contributed by atoms with Crippen molar-refractivity contribution in [2.75, 3.05) is 12.4 Å². The number of rotatable bonds is 9. The van der Waals surface area contributed by atoms with Crippen LogP contribution in [0.2, 0.25) is 0 Å². The van der Waals surface area contributed by atoms with Gasteiger partial charge in [0.2, 0.25) is 5.91 Å². The molecule has 1 fully saturated rings. The lowest BCUT2D eigenvalue weighted by molar-refractivity contribution is -0.254. The van der Waals surface area contributed by atoms with Gasteiger partial charge in [-0.25, -0.2) is 8.42 Å². The summed E-state index contributed by atoms with van der Waals surface area (Å²) in [4.78, 5) is 24.5. The molecule has 6 atom stereocenters. The fraction of sp³-hybridized carbons (Fsp3) is 0.600. The molecule has 1 amide bonds. The van der Waals surface area contributed by atoms with Gasteiger partial charge in [-0.2, -0.15) is 0 Å². The van der Waals surface area contributed by atoms with E-state index in [0.717, 1.165) is 13.8 Å². The quantitative estimate of drug-likeness (QED) is 0.234. The second-order valence-corrected chi connectivity index (χ2v) is 10.8. The van der Waals surface area contributed by atoms with Crippen LogP contribution in [0.15, 0.2) is 30.3 Å². The van der Waals surface area contributed by atoms with Gasteiger partial charge in [0.1, 0.15) is 29.1 Å². The first-order valence-corrected chi connectivity index (χ1v) is 11.6. The van der Waals surface area contributed by atoms with Crippen molar-refractivity contribution in [3.8, 4) is 0 Å². The minimum Gasteiger partial charge on any atom is -0.481 e. The molecule has 0 aliphatic carbocycles. The molecular weight excluding hydrogens is 446 g/mol. The molecule has 0 radical (unpaired) electrons. The second kappa shape index (κ2) is 10.2. The van der Waals surface area contributed by atoms with Crippen molar-refractivity contribution < 1.29 is 48.3 Å². The van der Waals surface area contributed by atoms with Crippen LogP contribution in [0.3, 0.4) is 0 Å². The number of sulfone groups is 1. The highest BCUT2D eigenvalue weighted by Crippen LogP contribution is 2.25. The number of aliphatic hydroxyl groups is 4. The van der Waals surface area contributed by atoms with Crippen molar-refractivity contribution in [3.05, 3.63) is 35.9 Å². The summed E-state index contributed by atoms with van der Waals surface area (Å²) in [6.45, 7) is 1.46. The Morgan fingerprint density at radius 3 is 2.25 bits per heavy atom. The summed E-state index contributed by atoms with van der Waals surface area (Å²) in [7, 11) is -4.34. The Kier molecular flexibility index (Phi) is 8.37. The molecule has 11 nitrogen and oxygen atoms in total. The zero-order valence-corrected chi connectivity index (χ0v) is 18.5. The summed E-state index contributed by atoms with van der Waals surface area (Å²) in [6.07, 6.45) is -6.56. The van der Waals surface area contributed by atoms with E-state index < -0.39 is 75.4 Å². The van der Waals surface area contributed by atoms with Gasteiger partial charge in [-0.3, -0.25) is 9.59 Å². The Morgan fingerprint density at radius 2 is 1.72 bits per heavy atom. The van der Waals surface area contributed by atoms with Gasteiger partial charge >= 0.3 is 5.97 Å². The normalized spacial score (nSPS) is 27.5. The summed E-state index contributed by atoms with van der Waals surface area (Å²) in [5.41, 5.74) is 0.621. The van der Waals surface area contributed by atoms with Crippen molar-refractivity contribution in [1.29, 1.82) is 0 Å². The largest absolute Gasteiger partial charge is 0.481 e. The van der Waals surface area contributed by atoms with Gasteiger partial charge in [0.15, 0.2) is 16.1 Å². The van der Waals surface area contributed by atoms with Gasteiger partial charge in [-0.1, -0.05) is 30.3 Å². The van der Waals surface area contributed by atoms with Crippen LogP contribution in [0.1, 0.15) is 19.4 Å². The third kappa shape index (κ3) is 5.63. The number of carboxylic acid groups (broad SMARTS) is 1. The molecule has 0 saturated carbocycles. The van der Waals surface area contributed by atoms with Gasteiger partial charge in [0, 0.05) is 0 Å². The number of nitrogens with one attached hydrogen (secondary N) is 1. The number of benzene rings is 1. The number of aliphatic carboxylic acids is 1. The van der Waals surface area contributed by atoms with Crippen LogP contribution in [-0.4, -0.2) is 93.6 Å². The summed E-state index contributed by atoms with van der Waals surface area (Å²) in [5, 5.41) is 50.9. The van der Waals surface area contributed by atoms with E-state index in [2.05, 4.69) is 5.32 Å². The van der Waals surface area contributed by atoms with Gasteiger partial charge in [-0.15, -0.1) is 0 Å². The van der Waals surface area contributed by atoms with Crippen LogP contribution in [0.5, 0.6) is 0 Å². The number of aliphatic hydroxyl groups excluding tert-OH is 4. The number of hydrogen-bond acceptors (Lipinski definition) is 9. The van der Waals surface area contributed by atoms with E-state index in [1.165, 1.54) is 0 Å². The zero-order chi connectivity index (χ0) is 24.3. The number of amides is 1. The molecule has 180 valence electrons. The number of hydrogen-bond donors (Lipinski definition) is 6. The highest BCUT2D eigenvalue weighted by Gasteiger charge is 2.49. The Balaban J connectivity index is 2.17. The maximum atomic E-state index is 13.0. The van der Waals surface area contributed by atoms with Gasteiger partial charge in [0.05, 0.1) is 18.3 Å². The number of ether oxygens (including phenoxy) is 1. The van der Waals surface area contributed by atoms with E-state index in [9.17, 15) is 38.4 Å². The Bertz CT molecular complexity index is 904. The molecule has 32 heavy (non-hydrogen) atoms. The van der Waals surface area contributed by atoms with Crippen molar-refractivity contribution >= 4 is 21.7 Å². The molecule has 0 spiro atoms. The fourth-order valence-corrected chi connectivity index (χ4v) is 4.86. The molecule has 1 aromatic carbocycles. The monoisotopic (exact) mass is 475 g/mol. The molecule has 0 bridgehead atoms. The molecule has 0 aromatic heterocycles. The summed E-state index contributed by atoms with van der Waals surface area (Å²) in [6, 6.07) is 6.88. The predicted octanol–water partition coefficient (Wildman–Crippen LogP) is -1.96. The first-order chi connectivity index (χ1) is 14.8. The highest BCUT2D eigenvalue weighted by atomic mass is 32.2.